The Kier molecular flexibility index (Phi) is 2.54. The molecule has 0 saturated heterocycles. The second-order valence-corrected chi connectivity index (χ2v) is 3.07. The molecule has 1 atom stereocenters. The molecule has 0 aromatic heterocycles. The summed E-state index contributed by atoms with van der Waals surface area (Å²) in [6.45, 7) is 7.71. The Hall–Kier alpha value is -1.24. The van der Waals surface area contributed by atoms with E-state index in [2.05, 4.69) is 13.5 Å². The van der Waals surface area contributed by atoms with Gasteiger partial charge in [0, 0.05) is 0 Å². The third kappa shape index (κ3) is 1.67. The first-order valence-electron chi connectivity index (χ1n) is 4.07. The van der Waals surface area contributed by atoms with Crippen molar-refractivity contribution in [2.45, 2.75) is 19.8 Å². The number of hydrogen-bond donors (Lipinski definition) is 1. The maximum Gasteiger partial charge on any atom is 0.118 e. The Balaban J connectivity index is 3.04. The fourth-order valence-electron chi connectivity index (χ4n) is 1.10. The number of allylic oxidation sites excluding steroid dienone is 1. The molecule has 0 bridgehead atoms. The van der Waals surface area contributed by atoms with Gasteiger partial charge in [-0.25, -0.2) is 0 Å². The summed E-state index contributed by atoms with van der Waals surface area (Å²) >= 11 is 0. The average Bonchev–Trinajstić information content (AvgIpc) is 2.08. The van der Waals surface area contributed by atoms with Crippen molar-refractivity contribution < 1.29 is 5.11 Å². The van der Waals surface area contributed by atoms with Crippen molar-refractivity contribution in [3.8, 4) is 5.75 Å². The second kappa shape index (κ2) is 3.44. The summed E-state index contributed by atoms with van der Waals surface area (Å²) in [5, 5.41) is 9.27. The van der Waals surface area contributed by atoms with Crippen molar-refractivity contribution >= 4 is 0 Å². The third-order valence-corrected chi connectivity index (χ3v) is 2.10. The van der Waals surface area contributed by atoms with Crippen LogP contribution in [0.1, 0.15) is 24.0 Å². The summed E-state index contributed by atoms with van der Waals surface area (Å²) in [5.41, 5.74) is 2.11. The van der Waals surface area contributed by atoms with Gasteiger partial charge in [-0.2, -0.15) is 0 Å². The van der Waals surface area contributed by atoms with Gasteiger partial charge in [0.1, 0.15) is 5.75 Å². The van der Waals surface area contributed by atoms with Gasteiger partial charge in [-0.15, -0.1) is 6.58 Å². The van der Waals surface area contributed by atoms with Gasteiger partial charge in [-0.05, 0) is 30.0 Å². The topological polar surface area (TPSA) is 20.2 Å². The molecule has 0 aliphatic rings. The van der Waals surface area contributed by atoms with Gasteiger partial charge < -0.3 is 5.11 Å². The fraction of sp³-hybridized carbons (Fsp3) is 0.273. The van der Waals surface area contributed by atoms with Gasteiger partial charge in [-0.1, -0.05) is 25.1 Å². The van der Waals surface area contributed by atoms with E-state index in [-0.39, 0.29) is 0 Å². The molecule has 0 aliphatic carbocycles. The number of hydrogen-bond acceptors (Lipinski definition) is 1. The lowest BCUT2D eigenvalue weighted by Gasteiger charge is -2.07. The standard InChI is InChI=1S/C11H14O/c1-4-8(2)10-5-6-11(12)9(3)7-10/h4-8,12H,1H2,2-3H3. The summed E-state index contributed by atoms with van der Waals surface area (Å²) in [5.74, 6) is 0.708. The highest BCUT2D eigenvalue weighted by Gasteiger charge is 2.02. The minimum absolute atomic E-state index is 0.351. The molecule has 0 spiro atoms. The zero-order valence-corrected chi connectivity index (χ0v) is 7.54. The van der Waals surface area contributed by atoms with Crippen LogP contribution in [0.3, 0.4) is 0 Å². The Bertz CT molecular complexity index is 289. The van der Waals surface area contributed by atoms with Crippen LogP contribution in [0.25, 0.3) is 0 Å². The van der Waals surface area contributed by atoms with E-state index in [4.69, 9.17) is 0 Å². The van der Waals surface area contributed by atoms with Crippen molar-refractivity contribution in [2.75, 3.05) is 0 Å². The van der Waals surface area contributed by atoms with E-state index >= 15 is 0 Å². The normalized spacial score (nSPS) is 12.5. The molecule has 64 valence electrons. The van der Waals surface area contributed by atoms with Crippen LogP contribution < -0.4 is 0 Å². The van der Waals surface area contributed by atoms with Crippen LogP contribution in [-0.2, 0) is 0 Å². The first kappa shape index (κ1) is 8.85. The van der Waals surface area contributed by atoms with E-state index in [0.717, 1.165) is 5.56 Å². The Morgan fingerprint density at radius 1 is 1.50 bits per heavy atom. The lowest BCUT2D eigenvalue weighted by Crippen LogP contribution is -1.88. The quantitative estimate of drug-likeness (QED) is 0.663. The average molecular weight is 162 g/mol. The van der Waals surface area contributed by atoms with Crippen molar-refractivity contribution in [2.24, 2.45) is 0 Å². The van der Waals surface area contributed by atoms with Crippen molar-refractivity contribution in [1.29, 1.82) is 0 Å². The Morgan fingerprint density at radius 2 is 2.17 bits per heavy atom. The van der Waals surface area contributed by atoms with Crippen LogP contribution in [-0.4, -0.2) is 5.11 Å². The maximum absolute atomic E-state index is 9.27. The number of phenols is 1. The summed E-state index contributed by atoms with van der Waals surface area (Å²) in [7, 11) is 0. The largest absolute Gasteiger partial charge is 0.508 e. The zero-order valence-electron chi connectivity index (χ0n) is 7.54. The van der Waals surface area contributed by atoms with Crippen molar-refractivity contribution in [3.05, 3.63) is 42.0 Å². The van der Waals surface area contributed by atoms with Crippen molar-refractivity contribution in [3.63, 3.8) is 0 Å². The molecular weight excluding hydrogens is 148 g/mol. The lowest BCUT2D eigenvalue weighted by molar-refractivity contribution is 0.471. The first-order chi connectivity index (χ1) is 5.65. The van der Waals surface area contributed by atoms with Gasteiger partial charge in [0.25, 0.3) is 0 Å². The number of phenolic OH excluding ortho intramolecular Hbond substituents is 1. The van der Waals surface area contributed by atoms with E-state index in [0.29, 0.717) is 11.7 Å². The zero-order chi connectivity index (χ0) is 9.14. The minimum atomic E-state index is 0.351. The predicted molar refractivity (Wildman–Crippen MR) is 51.5 cm³/mol. The summed E-state index contributed by atoms with van der Waals surface area (Å²) in [4.78, 5) is 0. The smallest absolute Gasteiger partial charge is 0.118 e. The van der Waals surface area contributed by atoms with Crippen LogP contribution in [0, 0.1) is 6.92 Å². The molecule has 1 nitrogen and oxygen atoms in total. The number of aromatic hydroxyl groups is 1. The molecule has 12 heavy (non-hydrogen) atoms. The van der Waals surface area contributed by atoms with Gasteiger partial charge >= 0.3 is 0 Å². The van der Waals surface area contributed by atoms with E-state index in [9.17, 15) is 5.11 Å². The highest BCUT2D eigenvalue weighted by Crippen LogP contribution is 2.22. The number of benzene rings is 1. The Labute approximate surface area is 73.4 Å². The predicted octanol–water partition coefficient (Wildman–Crippen LogP) is 2.99. The van der Waals surface area contributed by atoms with Gasteiger partial charge in [0.05, 0.1) is 0 Å². The van der Waals surface area contributed by atoms with E-state index in [1.54, 1.807) is 6.07 Å². The van der Waals surface area contributed by atoms with E-state index in [1.807, 2.05) is 25.1 Å². The van der Waals surface area contributed by atoms with Crippen LogP contribution in [0.5, 0.6) is 5.75 Å². The molecule has 0 fully saturated rings. The molecule has 0 saturated carbocycles. The van der Waals surface area contributed by atoms with Crippen LogP contribution >= 0.6 is 0 Å². The van der Waals surface area contributed by atoms with Crippen LogP contribution in [0.15, 0.2) is 30.9 Å². The third-order valence-electron chi connectivity index (χ3n) is 2.10. The highest BCUT2D eigenvalue weighted by atomic mass is 16.3. The van der Waals surface area contributed by atoms with Crippen LogP contribution in [0.2, 0.25) is 0 Å². The van der Waals surface area contributed by atoms with Crippen molar-refractivity contribution in [1.82, 2.24) is 0 Å². The van der Waals surface area contributed by atoms with E-state index < -0.39 is 0 Å². The minimum Gasteiger partial charge on any atom is -0.508 e. The monoisotopic (exact) mass is 162 g/mol. The molecular formula is C11H14O. The molecule has 1 heteroatoms. The van der Waals surface area contributed by atoms with Gasteiger partial charge in [-0.3, -0.25) is 0 Å². The van der Waals surface area contributed by atoms with Gasteiger partial charge in [0.2, 0.25) is 0 Å². The molecule has 0 heterocycles. The summed E-state index contributed by atoms with van der Waals surface area (Å²) < 4.78 is 0. The highest BCUT2D eigenvalue weighted by molar-refractivity contribution is 5.37. The maximum atomic E-state index is 9.27. The summed E-state index contributed by atoms with van der Waals surface area (Å²) in [6, 6.07) is 5.64. The number of rotatable bonds is 2. The molecule has 0 amide bonds. The molecule has 1 aromatic rings. The molecule has 0 aliphatic heterocycles. The SMILES string of the molecule is C=CC(C)c1ccc(O)c(C)c1. The van der Waals surface area contributed by atoms with Crippen LogP contribution in [0.4, 0.5) is 0 Å². The summed E-state index contributed by atoms with van der Waals surface area (Å²) in [6.07, 6.45) is 1.89. The molecule has 1 N–H and O–H groups in total. The second-order valence-electron chi connectivity index (χ2n) is 3.07. The first-order valence-corrected chi connectivity index (χ1v) is 4.07. The fourth-order valence-corrected chi connectivity index (χ4v) is 1.10. The lowest BCUT2D eigenvalue weighted by atomic mass is 9.99. The molecule has 0 radical (unpaired) electrons. The molecule has 1 rings (SSSR count). The number of aryl methyl sites for hydroxylation is 1. The molecule has 1 unspecified atom stereocenters. The van der Waals surface area contributed by atoms with Gasteiger partial charge in [0.15, 0.2) is 0 Å². The van der Waals surface area contributed by atoms with E-state index in [1.165, 1.54) is 5.56 Å². The molecule has 1 aromatic carbocycles. The Morgan fingerprint density at radius 3 is 2.67 bits per heavy atom.